The van der Waals surface area contributed by atoms with E-state index >= 15 is 0 Å². The lowest BCUT2D eigenvalue weighted by Crippen LogP contribution is -2.40. The molecule has 1 N–H and O–H groups in total. The lowest BCUT2D eigenvalue weighted by molar-refractivity contribution is -0.130. The molecule has 1 fully saturated rings. The second-order valence-electron chi connectivity index (χ2n) is 6.50. The molecule has 2 amide bonds. The minimum atomic E-state index is -0.0838. The number of rotatable bonds is 4. The number of carbonyl (C=O) groups excluding carboxylic acids is 2. The Hall–Kier alpha value is -2.95. The molecule has 0 spiro atoms. The zero-order chi connectivity index (χ0) is 18.4. The van der Waals surface area contributed by atoms with Gasteiger partial charge >= 0.3 is 0 Å². The van der Waals surface area contributed by atoms with Gasteiger partial charge in [-0.1, -0.05) is 36.4 Å². The van der Waals surface area contributed by atoms with Crippen molar-refractivity contribution in [3.63, 3.8) is 0 Å². The molecule has 0 atom stereocenters. The summed E-state index contributed by atoms with van der Waals surface area (Å²) >= 11 is 0. The van der Waals surface area contributed by atoms with E-state index in [0.717, 1.165) is 11.3 Å². The topological polar surface area (TPSA) is 62.3 Å². The van der Waals surface area contributed by atoms with Crippen molar-refractivity contribution in [1.82, 2.24) is 9.88 Å². The first-order valence-corrected chi connectivity index (χ1v) is 8.88. The summed E-state index contributed by atoms with van der Waals surface area (Å²) in [5.41, 5.74) is 1.87. The van der Waals surface area contributed by atoms with Crippen molar-refractivity contribution < 1.29 is 9.59 Å². The van der Waals surface area contributed by atoms with E-state index in [9.17, 15) is 9.59 Å². The number of hydrogen-bond acceptors (Lipinski definition) is 3. The number of nitrogens with one attached hydrogen (secondary N) is 1. The van der Waals surface area contributed by atoms with E-state index in [2.05, 4.69) is 10.3 Å². The summed E-state index contributed by atoms with van der Waals surface area (Å²) in [5, 5.41) is 2.88. The molecule has 0 aliphatic carbocycles. The van der Waals surface area contributed by atoms with Crippen molar-refractivity contribution in [3.05, 3.63) is 65.9 Å². The molecule has 1 aromatic heterocycles. The zero-order valence-corrected chi connectivity index (χ0v) is 14.9. The van der Waals surface area contributed by atoms with Crippen LogP contribution in [0.3, 0.4) is 0 Å². The molecule has 0 saturated carbocycles. The Kier molecular flexibility index (Phi) is 5.79. The van der Waals surface area contributed by atoms with Gasteiger partial charge in [-0.05, 0) is 43.5 Å². The monoisotopic (exact) mass is 349 g/mol. The molecule has 5 heteroatoms. The van der Waals surface area contributed by atoms with Gasteiger partial charge in [-0.25, -0.2) is 4.98 Å². The summed E-state index contributed by atoms with van der Waals surface area (Å²) in [6, 6.07) is 15.3. The minimum absolute atomic E-state index is 0.00642. The Bertz CT molecular complexity index is 794. The van der Waals surface area contributed by atoms with Gasteiger partial charge in [-0.2, -0.15) is 0 Å². The van der Waals surface area contributed by atoms with Crippen LogP contribution in [0.4, 0.5) is 5.82 Å². The number of hydrogen-bond donors (Lipinski definition) is 1. The number of anilines is 1. The summed E-state index contributed by atoms with van der Waals surface area (Å²) in [6.45, 7) is 3.08. The highest BCUT2D eigenvalue weighted by Crippen LogP contribution is 2.19. The summed E-state index contributed by atoms with van der Waals surface area (Å²) in [4.78, 5) is 30.8. The van der Waals surface area contributed by atoms with E-state index in [0.29, 0.717) is 31.7 Å². The van der Waals surface area contributed by atoms with Crippen LogP contribution in [-0.2, 0) is 9.59 Å². The second-order valence-corrected chi connectivity index (χ2v) is 6.50. The van der Waals surface area contributed by atoms with Gasteiger partial charge in [0.05, 0.1) is 0 Å². The third kappa shape index (κ3) is 4.79. The molecule has 3 rings (SSSR count). The molecule has 1 aliphatic heterocycles. The van der Waals surface area contributed by atoms with Crippen LogP contribution in [0.25, 0.3) is 6.08 Å². The summed E-state index contributed by atoms with van der Waals surface area (Å²) in [6.07, 6.45) is 4.77. The standard InChI is InChI=1S/C21H23N3O2/c1-16-6-5-9-19(22-16)23-21(26)18-12-14-24(15-13-18)20(25)11-10-17-7-3-2-4-8-17/h2-11,18H,12-15H2,1H3,(H,22,23,26)/b11-10+. The highest BCUT2D eigenvalue weighted by atomic mass is 16.2. The lowest BCUT2D eigenvalue weighted by atomic mass is 9.96. The third-order valence-corrected chi connectivity index (χ3v) is 4.53. The van der Waals surface area contributed by atoms with Crippen LogP contribution in [0.5, 0.6) is 0 Å². The highest BCUT2D eigenvalue weighted by molar-refractivity contribution is 5.93. The van der Waals surface area contributed by atoms with Gasteiger partial charge in [-0.3, -0.25) is 9.59 Å². The van der Waals surface area contributed by atoms with Crippen LogP contribution >= 0.6 is 0 Å². The van der Waals surface area contributed by atoms with Crippen LogP contribution in [0.2, 0.25) is 0 Å². The van der Waals surface area contributed by atoms with E-state index in [4.69, 9.17) is 0 Å². The van der Waals surface area contributed by atoms with Crippen molar-refractivity contribution >= 4 is 23.7 Å². The first-order chi connectivity index (χ1) is 12.6. The molecule has 134 valence electrons. The molecule has 0 bridgehead atoms. The first-order valence-electron chi connectivity index (χ1n) is 8.88. The molecule has 0 unspecified atom stereocenters. The predicted octanol–water partition coefficient (Wildman–Crippen LogP) is 3.28. The fourth-order valence-corrected chi connectivity index (χ4v) is 3.04. The van der Waals surface area contributed by atoms with Crippen molar-refractivity contribution in [2.24, 2.45) is 5.92 Å². The number of pyridine rings is 1. The maximum Gasteiger partial charge on any atom is 0.246 e. The Morgan fingerprint density at radius 3 is 2.50 bits per heavy atom. The van der Waals surface area contributed by atoms with Crippen LogP contribution in [-0.4, -0.2) is 34.8 Å². The van der Waals surface area contributed by atoms with E-state index in [-0.39, 0.29) is 17.7 Å². The fraction of sp³-hybridized carbons (Fsp3) is 0.286. The summed E-state index contributed by atoms with van der Waals surface area (Å²) < 4.78 is 0. The van der Waals surface area contributed by atoms with Gasteiger partial charge in [-0.15, -0.1) is 0 Å². The number of benzene rings is 1. The van der Waals surface area contributed by atoms with Crippen LogP contribution in [0.15, 0.2) is 54.6 Å². The molecule has 0 radical (unpaired) electrons. The zero-order valence-electron chi connectivity index (χ0n) is 14.9. The Morgan fingerprint density at radius 2 is 1.81 bits per heavy atom. The Morgan fingerprint density at radius 1 is 1.08 bits per heavy atom. The quantitative estimate of drug-likeness (QED) is 0.862. The number of aryl methyl sites for hydroxylation is 1. The molecule has 1 saturated heterocycles. The summed E-state index contributed by atoms with van der Waals surface area (Å²) in [7, 11) is 0. The third-order valence-electron chi connectivity index (χ3n) is 4.53. The number of piperidine rings is 1. The largest absolute Gasteiger partial charge is 0.339 e. The normalized spacial score (nSPS) is 15.2. The maximum absolute atomic E-state index is 12.4. The van der Waals surface area contributed by atoms with Gasteiger partial charge in [0.2, 0.25) is 11.8 Å². The van der Waals surface area contributed by atoms with Crippen LogP contribution in [0.1, 0.15) is 24.1 Å². The molecule has 5 nitrogen and oxygen atoms in total. The SMILES string of the molecule is Cc1cccc(NC(=O)C2CCN(C(=O)/C=C/c3ccccc3)CC2)n1. The summed E-state index contributed by atoms with van der Waals surface area (Å²) in [5.74, 6) is 0.474. The molecular weight excluding hydrogens is 326 g/mol. The molecule has 2 heterocycles. The Labute approximate surface area is 153 Å². The van der Waals surface area contributed by atoms with Gasteiger partial charge < -0.3 is 10.2 Å². The number of likely N-dealkylation sites (tertiary alicyclic amines) is 1. The average Bonchev–Trinajstić information content (AvgIpc) is 2.67. The van der Waals surface area contributed by atoms with Gasteiger partial charge in [0.25, 0.3) is 0 Å². The molecule has 26 heavy (non-hydrogen) atoms. The smallest absolute Gasteiger partial charge is 0.246 e. The van der Waals surface area contributed by atoms with E-state index in [1.54, 1.807) is 17.0 Å². The maximum atomic E-state index is 12.4. The number of carbonyl (C=O) groups is 2. The van der Waals surface area contributed by atoms with E-state index in [1.165, 1.54) is 0 Å². The average molecular weight is 349 g/mol. The number of aromatic nitrogens is 1. The second kappa shape index (κ2) is 8.43. The van der Waals surface area contributed by atoms with Gasteiger partial charge in [0, 0.05) is 30.8 Å². The number of nitrogens with zero attached hydrogens (tertiary/aromatic N) is 2. The number of amides is 2. The molecular formula is C21H23N3O2. The predicted molar refractivity (Wildman–Crippen MR) is 102 cm³/mol. The van der Waals surface area contributed by atoms with Crippen molar-refractivity contribution in [3.8, 4) is 0 Å². The molecule has 1 aliphatic rings. The lowest BCUT2D eigenvalue weighted by Gasteiger charge is -2.30. The van der Waals surface area contributed by atoms with Crippen molar-refractivity contribution in [1.29, 1.82) is 0 Å². The fourth-order valence-electron chi connectivity index (χ4n) is 3.04. The van der Waals surface area contributed by atoms with E-state index < -0.39 is 0 Å². The van der Waals surface area contributed by atoms with Gasteiger partial charge in [0.15, 0.2) is 0 Å². The first kappa shape index (κ1) is 17.9. The van der Waals surface area contributed by atoms with Gasteiger partial charge in [0.1, 0.15) is 5.82 Å². The molecule has 1 aromatic carbocycles. The van der Waals surface area contributed by atoms with Crippen molar-refractivity contribution in [2.45, 2.75) is 19.8 Å². The molecule has 2 aromatic rings. The van der Waals surface area contributed by atoms with Crippen LogP contribution in [0, 0.1) is 12.8 Å². The van der Waals surface area contributed by atoms with Crippen LogP contribution < -0.4 is 5.32 Å². The minimum Gasteiger partial charge on any atom is -0.339 e. The van der Waals surface area contributed by atoms with E-state index in [1.807, 2.05) is 55.5 Å². The Balaban J connectivity index is 1.49. The highest BCUT2D eigenvalue weighted by Gasteiger charge is 2.26. The van der Waals surface area contributed by atoms with Crippen molar-refractivity contribution in [2.75, 3.05) is 18.4 Å².